The Balaban J connectivity index is 1.60. The average Bonchev–Trinajstić information content (AvgIpc) is 3.00. The molecule has 3 rings (SSSR count). The first-order valence-electron chi connectivity index (χ1n) is 9.61. The maximum Gasteiger partial charge on any atom is 0.217 e. The van der Waals surface area contributed by atoms with Crippen LogP contribution in [0.5, 0.6) is 5.88 Å². The molecule has 2 fully saturated rings. The Bertz CT molecular complexity index is 561. The summed E-state index contributed by atoms with van der Waals surface area (Å²) in [4.78, 5) is 9.42. The van der Waals surface area contributed by atoms with Crippen molar-refractivity contribution in [3.63, 3.8) is 0 Å². The van der Waals surface area contributed by atoms with Crippen molar-refractivity contribution in [2.45, 2.75) is 19.4 Å². The van der Waals surface area contributed by atoms with Gasteiger partial charge in [0.25, 0.3) is 0 Å². The lowest BCUT2D eigenvalue weighted by Crippen LogP contribution is -2.45. The van der Waals surface area contributed by atoms with E-state index in [0.29, 0.717) is 11.3 Å². The number of likely N-dealkylation sites (tertiary alicyclic amines) is 2. The van der Waals surface area contributed by atoms with Crippen LogP contribution < -0.4 is 4.74 Å². The van der Waals surface area contributed by atoms with Crippen LogP contribution >= 0.6 is 0 Å². The smallest absolute Gasteiger partial charge is 0.217 e. The van der Waals surface area contributed by atoms with Gasteiger partial charge in [-0.3, -0.25) is 4.90 Å². The van der Waals surface area contributed by atoms with E-state index < -0.39 is 0 Å². The molecule has 0 aromatic carbocycles. The van der Waals surface area contributed by atoms with Crippen molar-refractivity contribution in [1.82, 2.24) is 14.8 Å². The van der Waals surface area contributed by atoms with Gasteiger partial charge in [0.1, 0.15) is 0 Å². The molecule has 1 aromatic rings. The lowest BCUT2D eigenvalue weighted by Gasteiger charge is -2.42. The molecule has 6 nitrogen and oxygen atoms in total. The zero-order chi connectivity index (χ0) is 18.4. The Labute approximate surface area is 157 Å². The molecular weight excluding hydrogens is 330 g/mol. The number of nitrogens with zero attached hydrogens (tertiary/aromatic N) is 3. The molecule has 2 aliphatic heterocycles. The van der Waals surface area contributed by atoms with Crippen LogP contribution in [0.3, 0.4) is 0 Å². The van der Waals surface area contributed by atoms with E-state index in [9.17, 15) is 0 Å². The van der Waals surface area contributed by atoms with Crippen molar-refractivity contribution in [3.05, 3.63) is 23.9 Å². The van der Waals surface area contributed by atoms with Crippen molar-refractivity contribution in [1.29, 1.82) is 0 Å². The number of ether oxygens (including phenoxy) is 3. The molecule has 1 unspecified atom stereocenters. The summed E-state index contributed by atoms with van der Waals surface area (Å²) in [7, 11) is 5.30. The predicted molar refractivity (Wildman–Crippen MR) is 101 cm³/mol. The van der Waals surface area contributed by atoms with Gasteiger partial charge >= 0.3 is 0 Å². The zero-order valence-electron chi connectivity index (χ0n) is 16.4. The normalized spacial score (nSPS) is 23.6. The molecule has 26 heavy (non-hydrogen) atoms. The number of piperidine rings is 1. The van der Waals surface area contributed by atoms with E-state index in [1.807, 2.05) is 13.2 Å². The molecule has 0 N–H and O–H groups in total. The molecule has 3 heterocycles. The van der Waals surface area contributed by atoms with Crippen molar-refractivity contribution in [2.75, 3.05) is 67.3 Å². The highest BCUT2D eigenvalue weighted by Gasteiger charge is 2.47. The average molecular weight is 364 g/mol. The van der Waals surface area contributed by atoms with Crippen LogP contribution in [-0.4, -0.2) is 82.1 Å². The van der Waals surface area contributed by atoms with E-state index in [2.05, 4.69) is 20.9 Å². The van der Waals surface area contributed by atoms with Gasteiger partial charge in [-0.15, -0.1) is 0 Å². The Morgan fingerprint density at radius 1 is 1.15 bits per heavy atom. The van der Waals surface area contributed by atoms with Gasteiger partial charge < -0.3 is 19.1 Å². The summed E-state index contributed by atoms with van der Waals surface area (Å²) >= 11 is 0. The lowest BCUT2D eigenvalue weighted by molar-refractivity contribution is 0.0346. The molecule has 0 radical (unpaired) electrons. The predicted octanol–water partition coefficient (Wildman–Crippen LogP) is 1.90. The monoisotopic (exact) mass is 363 g/mol. The molecule has 1 aromatic heterocycles. The van der Waals surface area contributed by atoms with Crippen LogP contribution in [0.25, 0.3) is 0 Å². The molecule has 2 saturated heterocycles. The van der Waals surface area contributed by atoms with E-state index in [4.69, 9.17) is 14.2 Å². The third kappa shape index (κ3) is 4.36. The van der Waals surface area contributed by atoms with Gasteiger partial charge in [-0.05, 0) is 37.4 Å². The zero-order valence-corrected chi connectivity index (χ0v) is 16.4. The van der Waals surface area contributed by atoms with Crippen LogP contribution in [-0.2, 0) is 16.0 Å². The van der Waals surface area contributed by atoms with E-state index in [1.54, 1.807) is 20.4 Å². The quantitative estimate of drug-likeness (QED) is 0.703. The van der Waals surface area contributed by atoms with Crippen LogP contribution in [0.1, 0.15) is 18.4 Å². The van der Waals surface area contributed by atoms with Gasteiger partial charge in [0.15, 0.2) is 0 Å². The Hall–Kier alpha value is -1.21. The molecule has 1 atom stereocenters. The molecule has 0 saturated carbocycles. The Kier molecular flexibility index (Phi) is 6.86. The van der Waals surface area contributed by atoms with Crippen LogP contribution in [0.15, 0.2) is 18.3 Å². The molecule has 0 aliphatic carbocycles. The second-order valence-electron chi connectivity index (χ2n) is 7.69. The third-order valence-corrected chi connectivity index (χ3v) is 6.15. The highest BCUT2D eigenvalue weighted by Crippen LogP contribution is 2.45. The number of pyridine rings is 1. The summed E-state index contributed by atoms with van der Waals surface area (Å²) in [6, 6.07) is 4.11. The van der Waals surface area contributed by atoms with Gasteiger partial charge in [0, 0.05) is 58.1 Å². The van der Waals surface area contributed by atoms with E-state index in [1.165, 1.54) is 24.9 Å². The number of hydrogen-bond acceptors (Lipinski definition) is 6. The van der Waals surface area contributed by atoms with Crippen molar-refractivity contribution in [2.24, 2.45) is 11.3 Å². The van der Waals surface area contributed by atoms with Crippen molar-refractivity contribution < 1.29 is 14.2 Å². The molecule has 6 heteroatoms. The Morgan fingerprint density at radius 2 is 1.96 bits per heavy atom. The highest BCUT2D eigenvalue weighted by atomic mass is 16.5. The molecule has 146 valence electrons. The minimum Gasteiger partial charge on any atom is -0.481 e. The third-order valence-electron chi connectivity index (χ3n) is 6.15. The van der Waals surface area contributed by atoms with Gasteiger partial charge in [-0.25, -0.2) is 4.98 Å². The maximum atomic E-state index is 5.56. The largest absolute Gasteiger partial charge is 0.481 e. The number of rotatable bonds is 8. The molecule has 0 amide bonds. The van der Waals surface area contributed by atoms with Crippen LogP contribution in [0.2, 0.25) is 0 Å². The molecule has 0 bridgehead atoms. The summed E-state index contributed by atoms with van der Waals surface area (Å²) in [5, 5.41) is 0. The summed E-state index contributed by atoms with van der Waals surface area (Å²) in [5.74, 6) is 1.37. The minimum absolute atomic E-state index is 0.388. The first-order valence-corrected chi connectivity index (χ1v) is 9.61. The van der Waals surface area contributed by atoms with Crippen molar-refractivity contribution >= 4 is 0 Å². The molecule has 1 spiro atoms. The van der Waals surface area contributed by atoms with E-state index in [0.717, 1.165) is 51.8 Å². The summed E-state index contributed by atoms with van der Waals surface area (Å²) in [5.41, 5.74) is 1.56. The van der Waals surface area contributed by atoms with Crippen molar-refractivity contribution in [3.8, 4) is 5.88 Å². The fraction of sp³-hybridized carbons (Fsp3) is 0.750. The molecule has 2 aliphatic rings. The fourth-order valence-electron chi connectivity index (χ4n) is 4.66. The summed E-state index contributed by atoms with van der Waals surface area (Å²) in [6.45, 7) is 8.15. The minimum atomic E-state index is 0.388. The fourth-order valence-corrected chi connectivity index (χ4v) is 4.66. The number of aromatic nitrogens is 1. The highest BCUT2D eigenvalue weighted by molar-refractivity contribution is 5.25. The lowest BCUT2D eigenvalue weighted by atomic mass is 9.71. The van der Waals surface area contributed by atoms with Gasteiger partial charge in [-0.2, -0.15) is 0 Å². The second kappa shape index (κ2) is 9.13. The first kappa shape index (κ1) is 19.5. The van der Waals surface area contributed by atoms with E-state index in [-0.39, 0.29) is 0 Å². The van der Waals surface area contributed by atoms with Gasteiger partial charge in [0.2, 0.25) is 5.88 Å². The number of methoxy groups -OCH3 is 3. The standard InChI is InChI=1S/C20H33N3O3/c1-24-12-11-23-14-18(15-25-2)20(16-23)6-9-22(10-7-20)13-17-5-4-8-21-19(17)26-3/h4-5,8,18H,6-7,9-16H2,1-3H3. The second-order valence-corrected chi connectivity index (χ2v) is 7.69. The Morgan fingerprint density at radius 3 is 2.65 bits per heavy atom. The molecular formula is C20H33N3O3. The summed E-state index contributed by atoms with van der Waals surface area (Å²) in [6.07, 6.45) is 4.25. The number of hydrogen-bond donors (Lipinski definition) is 0. The van der Waals surface area contributed by atoms with Gasteiger partial charge in [0.05, 0.1) is 20.3 Å². The maximum absolute atomic E-state index is 5.56. The SMILES string of the molecule is COCCN1CC(COC)C2(CCN(Cc3cccnc3OC)CC2)C1. The van der Waals surface area contributed by atoms with Crippen LogP contribution in [0.4, 0.5) is 0 Å². The van der Waals surface area contributed by atoms with Gasteiger partial charge in [-0.1, -0.05) is 6.07 Å². The van der Waals surface area contributed by atoms with Crippen LogP contribution in [0, 0.1) is 11.3 Å². The topological polar surface area (TPSA) is 47.1 Å². The first-order chi connectivity index (χ1) is 12.7. The van der Waals surface area contributed by atoms with E-state index >= 15 is 0 Å². The summed E-state index contributed by atoms with van der Waals surface area (Å²) < 4.78 is 16.3.